The van der Waals surface area contributed by atoms with Gasteiger partial charge >= 0.3 is 0 Å². The molecule has 0 aliphatic heterocycles. The molecule has 0 aliphatic rings. The maximum absolute atomic E-state index is 11.8. The Kier molecular flexibility index (Phi) is 6.24. The van der Waals surface area contributed by atoms with E-state index < -0.39 is 0 Å². The monoisotopic (exact) mass is 308 g/mol. The average molecular weight is 309 g/mol. The molecule has 0 bridgehead atoms. The lowest BCUT2D eigenvalue weighted by Crippen LogP contribution is -2.29. The van der Waals surface area contributed by atoms with Crippen molar-refractivity contribution in [1.82, 2.24) is 15.1 Å². The van der Waals surface area contributed by atoms with E-state index in [2.05, 4.69) is 15.7 Å². The molecule has 2 rings (SSSR count). The van der Waals surface area contributed by atoms with Crippen LogP contribution in [0.3, 0.4) is 0 Å². The van der Waals surface area contributed by atoms with E-state index in [0.717, 1.165) is 22.6 Å². The van der Waals surface area contributed by atoms with Crippen molar-refractivity contribution in [2.24, 2.45) is 7.05 Å². The number of aromatic nitrogens is 2. The van der Waals surface area contributed by atoms with Crippen molar-refractivity contribution in [3.05, 3.63) is 47.3 Å². The van der Waals surface area contributed by atoms with Gasteiger partial charge in [0, 0.05) is 30.5 Å². The second-order valence-electron chi connectivity index (χ2n) is 4.77. The zero-order valence-electron chi connectivity index (χ0n) is 12.5. The van der Waals surface area contributed by atoms with Crippen LogP contribution in [-0.4, -0.2) is 22.2 Å². The Hall–Kier alpha value is -2.01. The second-order valence-corrected chi connectivity index (χ2v) is 4.77. The summed E-state index contributed by atoms with van der Waals surface area (Å²) < 4.78 is 1.83. The van der Waals surface area contributed by atoms with E-state index in [1.807, 2.05) is 55.9 Å². The zero-order valence-corrected chi connectivity index (χ0v) is 13.3. The van der Waals surface area contributed by atoms with Crippen LogP contribution in [0.15, 0.2) is 30.3 Å². The largest absolute Gasteiger partial charge is 0.376 e. The first-order chi connectivity index (χ1) is 9.58. The molecular weight excluding hydrogens is 288 g/mol. The normalized spacial score (nSPS) is 9.86. The fourth-order valence-electron chi connectivity index (χ4n) is 2.06. The van der Waals surface area contributed by atoms with Crippen molar-refractivity contribution in [2.45, 2.75) is 20.4 Å². The Morgan fingerprint density at radius 3 is 2.48 bits per heavy atom. The van der Waals surface area contributed by atoms with Crippen LogP contribution in [0.1, 0.15) is 17.0 Å². The van der Waals surface area contributed by atoms with Gasteiger partial charge in [0.05, 0.1) is 12.2 Å². The Morgan fingerprint density at radius 1 is 1.24 bits per heavy atom. The predicted molar refractivity (Wildman–Crippen MR) is 86.7 cm³/mol. The minimum absolute atomic E-state index is 0. The SMILES string of the molecule is Cc1nn(C)c(C)c1CNC(=O)CNc1ccccc1.Cl. The number of carbonyl (C=O) groups is 1. The van der Waals surface area contributed by atoms with E-state index in [1.54, 1.807) is 0 Å². The van der Waals surface area contributed by atoms with Gasteiger partial charge in [0.1, 0.15) is 0 Å². The van der Waals surface area contributed by atoms with Gasteiger partial charge in [-0.05, 0) is 26.0 Å². The molecule has 6 heteroatoms. The highest BCUT2D eigenvalue weighted by Crippen LogP contribution is 2.11. The number of hydrogen-bond acceptors (Lipinski definition) is 3. The quantitative estimate of drug-likeness (QED) is 0.890. The molecule has 0 unspecified atom stereocenters. The number of halogens is 1. The minimum Gasteiger partial charge on any atom is -0.376 e. The lowest BCUT2D eigenvalue weighted by atomic mass is 10.2. The Labute approximate surface area is 131 Å². The fourth-order valence-corrected chi connectivity index (χ4v) is 2.06. The number of rotatable bonds is 5. The summed E-state index contributed by atoms with van der Waals surface area (Å²) in [6, 6.07) is 9.68. The first kappa shape index (κ1) is 17.0. The van der Waals surface area contributed by atoms with Crippen LogP contribution < -0.4 is 10.6 Å². The van der Waals surface area contributed by atoms with Crippen LogP contribution >= 0.6 is 12.4 Å². The molecule has 5 nitrogen and oxygen atoms in total. The van der Waals surface area contributed by atoms with Gasteiger partial charge in [-0.25, -0.2) is 0 Å². The lowest BCUT2D eigenvalue weighted by molar-refractivity contribution is -0.119. The summed E-state index contributed by atoms with van der Waals surface area (Å²) in [6.45, 7) is 4.74. The maximum atomic E-state index is 11.8. The molecule has 2 N–H and O–H groups in total. The number of amides is 1. The molecule has 1 aromatic carbocycles. The van der Waals surface area contributed by atoms with Gasteiger partial charge in [-0.1, -0.05) is 18.2 Å². The van der Waals surface area contributed by atoms with E-state index in [-0.39, 0.29) is 24.9 Å². The van der Waals surface area contributed by atoms with Gasteiger partial charge in [-0.15, -0.1) is 12.4 Å². The van der Waals surface area contributed by atoms with E-state index in [4.69, 9.17) is 0 Å². The summed E-state index contributed by atoms with van der Waals surface area (Å²) in [5.41, 5.74) is 4.07. The van der Waals surface area contributed by atoms with Crippen LogP contribution in [-0.2, 0) is 18.4 Å². The molecule has 114 valence electrons. The number of para-hydroxylation sites is 1. The molecule has 0 fully saturated rings. The third kappa shape index (κ3) is 4.49. The van der Waals surface area contributed by atoms with Gasteiger partial charge in [0.2, 0.25) is 5.91 Å². The summed E-state index contributed by atoms with van der Waals surface area (Å²) in [5, 5.41) is 10.3. The number of carbonyl (C=O) groups excluding carboxylic acids is 1. The number of anilines is 1. The average Bonchev–Trinajstić information content (AvgIpc) is 2.69. The van der Waals surface area contributed by atoms with Crippen LogP contribution in [0.4, 0.5) is 5.69 Å². The molecule has 2 aromatic rings. The summed E-state index contributed by atoms with van der Waals surface area (Å²) in [5.74, 6) is -0.0310. The minimum atomic E-state index is -0.0310. The summed E-state index contributed by atoms with van der Waals surface area (Å²) >= 11 is 0. The van der Waals surface area contributed by atoms with Crippen LogP contribution in [0, 0.1) is 13.8 Å². The van der Waals surface area contributed by atoms with E-state index in [1.165, 1.54) is 0 Å². The van der Waals surface area contributed by atoms with Crippen molar-refractivity contribution < 1.29 is 4.79 Å². The van der Waals surface area contributed by atoms with Crippen molar-refractivity contribution in [3.8, 4) is 0 Å². The highest BCUT2D eigenvalue weighted by atomic mass is 35.5. The molecular formula is C15H21ClN4O. The van der Waals surface area contributed by atoms with Gasteiger partial charge in [0.25, 0.3) is 0 Å². The van der Waals surface area contributed by atoms with E-state index in [9.17, 15) is 4.79 Å². The highest BCUT2D eigenvalue weighted by molar-refractivity contribution is 5.85. The molecule has 1 amide bonds. The van der Waals surface area contributed by atoms with Crippen LogP contribution in [0.25, 0.3) is 0 Å². The smallest absolute Gasteiger partial charge is 0.239 e. The molecule has 0 atom stereocenters. The lowest BCUT2D eigenvalue weighted by Gasteiger charge is -2.08. The predicted octanol–water partition coefficient (Wildman–Crippen LogP) is 2.19. The molecule has 21 heavy (non-hydrogen) atoms. The van der Waals surface area contributed by atoms with E-state index >= 15 is 0 Å². The molecule has 0 aliphatic carbocycles. The summed E-state index contributed by atoms with van der Waals surface area (Å²) in [4.78, 5) is 11.8. The number of nitrogens with zero attached hydrogens (tertiary/aromatic N) is 2. The van der Waals surface area contributed by atoms with Gasteiger partial charge in [-0.2, -0.15) is 5.10 Å². The van der Waals surface area contributed by atoms with Crippen LogP contribution in [0.2, 0.25) is 0 Å². The summed E-state index contributed by atoms with van der Waals surface area (Å²) in [6.07, 6.45) is 0. The van der Waals surface area contributed by atoms with Gasteiger partial charge in [-0.3, -0.25) is 9.48 Å². The van der Waals surface area contributed by atoms with Crippen molar-refractivity contribution in [1.29, 1.82) is 0 Å². The molecule has 1 heterocycles. The van der Waals surface area contributed by atoms with Gasteiger partial charge in [0.15, 0.2) is 0 Å². The first-order valence-corrected chi connectivity index (χ1v) is 6.62. The maximum Gasteiger partial charge on any atom is 0.239 e. The Morgan fingerprint density at radius 2 is 1.90 bits per heavy atom. The van der Waals surface area contributed by atoms with Gasteiger partial charge < -0.3 is 10.6 Å². The topological polar surface area (TPSA) is 59.0 Å². The molecule has 1 aromatic heterocycles. The fraction of sp³-hybridized carbons (Fsp3) is 0.333. The Balaban J connectivity index is 0.00000220. The second kappa shape index (κ2) is 7.69. The van der Waals surface area contributed by atoms with Crippen molar-refractivity contribution >= 4 is 24.0 Å². The van der Waals surface area contributed by atoms with Crippen LogP contribution in [0.5, 0.6) is 0 Å². The number of aryl methyl sites for hydroxylation is 2. The highest BCUT2D eigenvalue weighted by Gasteiger charge is 2.10. The number of hydrogen-bond donors (Lipinski definition) is 2. The molecule has 0 saturated heterocycles. The Bertz CT molecular complexity index is 595. The van der Waals surface area contributed by atoms with Crippen molar-refractivity contribution in [2.75, 3.05) is 11.9 Å². The first-order valence-electron chi connectivity index (χ1n) is 6.62. The third-order valence-corrected chi connectivity index (χ3v) is 3.35. The number of nitrogens with one attached hydrogen (secondary N) is 2. The molecule has 0 spiro atoms. The zero-order chi connectivity index (χ0) is 14.5. The summed E-state index contributed by atoms with van der Waals surface area (Å²) in [7, 11) is 1.91. The molecule has 0 saturated carbocycles. The number of benzene rings is 1. The van der Waals surface area contributed by atoms with E-state index in [0.29, 0.717) is 6.54 Å². The molecule has 0 radical (unpaired) electrons. The third-order valence-electron chi connectivity index (χ3n) is 3.35. The van der Waals surface area contributed by atoms with Crippen molar-refractivity contribution in [3.63, 3.8) is 0 Å². The standard InChI is InChI=1S/C15H20N4O.ClH/c1-11-14(12(2)19(3)18-11)9-17-15(20)10-16-13-7-5-4-6-8-13;/h4-8,16H,9-10H2,1-3H3,(H,17,20);1H.